The second kappa shape index (κ2) is 4.99. The molecule has 122 valence electrons. The Hall–Kier alpha value is -1.52. The SMILES string of the molecule is C=C1OB(c2ccc3c(c2)C(C)(C)c2cc(Br)ccc2-3)OC1(C)C. The minimum atomic E-state index is -0.451. The van der Waals surface area contributed by atoms with Gasteiger partial charge in [0.2, 0.25) is 0 Å². The van der Waals surface area contributed by atoms with Crippen molar-refractivity contribution in [2.45, 2.75) is 38.7 Å². The lowest BCUT2D eigenvalue weighted by Gasteiger charge is -2.22. The fourth-order valence-corrected chi connectivity index (χ4v) is 4.00. The minimum Gasteiger partial charge on any atom is -0.534 e. The van der Waals surface area contributed by atoms with Gasteiger partial charge in [0.15, 0.2) is 0 Å². The molecule has 2 nitrogen and oxygen atoms in total. The molecule has 0 bridgehead atoms. The summed E-state index contributed by atoms with van der Waals surface area (Å²) < 4.78 is 13.0. The molecule has 0 aromatic heterocycles. The fourth-order valence-electron chi connectivity index (χ4n) is 3.64. The van der Waals surface area contributed by atoms with Crippen molar-refractivity contribution in [2.75, 3.05) is 0 Å². The number of hydrogen-bond acceptors (Lipinski definition) is 2. The second-order valence-corrected chi connectivity index (χ2v) is 8.54. The summed E-state index contributed by atoms with van der Waals surface area (Å²) in [6.45, 7) is 12.5. The third kappa shape index (κ3) is 2.20. The van der Waals surface area contributed by atoms with E-state index < -0.39 is 5.60 Å². The Labute approximate surface area is 152 Å². The summed E-state index contributed by atoms with van der Waals surface area (Å²) in [5.41, 5.74) is 5.81. The van der Waals surface area contributed by atoms with Gasteiger partial charge < -0.3 is 9.31 Å². The predicted octanol–water partition coefficient (Wildman–Crippen LogP) is 4.79. The second-order valence-electron chi connectivity index (χ2n) is 7.62. The standard InChI is InChI=1S/C20H20BBrO2/c1-12-20(4,5)24-21(23-12)13-6-8-15-16-9-7-14(22)11-18(16)19(2,3)17(15)10-13/h6-11H,1H2,2-5H3. The van der Waals surface area contributed by atoms with Gasteiger partial charge in [-0.2, -0.15) is 0 Å². The van der Waals surface area contributed by atoms with Crippen molar-refractivity contribution in [2.24, 2.45) is 0 Å². The van der Waals surface area contributed by atoms with E-state index in [-0.39, 0.29) is 12.5 Å². The van der Waals surface area contributed by atoms with Crippen LogP contribution in [0, 0.1) is 0 Å². The van der Waals surface area contributed by atoms with E-state index in [9.17, 15) is 0 Å². The number of benzene rings is 2. The highest BCUT2D eigenvalue weighted by Gasteiger charge is 2.44. The van der Waals surface area contributed by atoms with Gasteiger partial charge in [0.25, 0.3) is 0 Å². The van der Waals surface area contributed by atoms with Crippen molar-refractivity contribution in [1.29, 1.82) is 0 Å². The molecule has 0 radical (unpaired) electrons. The normalized spacial score (nSPS) is 19.9. The Morgan fingerprint density at radius 3 is 2.21 bits per heavy atom. The summed E-state index contributed by atoms with van der Waals surface area (Å²) in [6, 6.07) is 13.0. The van der Waals surface area contributed by atoms with Crippen LogP contribution in [0.5, 0.6) is 0 Å². The maximum atomic E-state index is 6.04. The molecule has 2 aromatic rings. The zero-order valence-corrected chi connectivity index (χ0v) is 16.0. The van der Waals surface area contributed by atoms with Gasteiger partial charge in [-0.1, -0.05) is 60.6 Å². The van der Waals surface area contributed by atoms with Crippen LogP contribution in [-0.4, -0.2) is 12.7 Å². The topological polar surface area (TPSA) is 18.5 Å². The highest BCUT2D eigenvalue weighted by Crippen LogP contribution is 2.49. The Kier molecular flexibility index (Phi) is 3.33. The van der Waals surface area contributed by atoms with Crippen molar-refractivity contribution in [3.05, 3.63) is 64.3 Å². The van der Waals surface area contributed by atoms with Crippen LogP contribution in [-0.2, 0) is 14.7 Å². The first-order valence-electron chi connectivity index (χ1n) is 8.19. The average molecular weight is 383 g/mol. The van der Waals surface area contributed by atoms with E-state index >= 15 is 0 Å². The first-order chi connectivity index (χ1) is 11.2. The molecule has 2 aromatic carbocycles. The zero-order valence-electron chi connectivity index (χ0n) is 14.4. The van der Waals surface area contributed by atoms with Gasteiger partial charge in [-0.05, 0) is 53.7 Å². The predicted molar refractivity (Wildman–Crippen MR) is 102 cm³/mol. The molecule has 2 aliphatic rings. The summed E-state index contributed by atoms with van der Waals surface area (Å²) >= 11 is 3.60. The Balaban J connectivity index is 1.80. The summed E-state index contributed by atoms with van der Waals surface area (Å²) in [7, 11) is -0.385. The number of rotatable bonds is 1. The van der Waals surface area contributed by atoms with Gasteiger partial charge in [-0.25, -0.2) is 0 Å². The molecule has 0 atom stereocenters. The molecule has 1 heterocycles. The van der Waals surface area contributed by atoms with Crippen molar-refractivity contribution < 1.29 is 9.31 Å². The van der Waals surface area contributed by atoms with Gasteiger partial charge >= 0.3 is 7.12 Å². The van der Waals surface area contributed by atoms with Crippen LogP contribution in [0.15, 0.2) is 53.2 Å². The molecule has 1 fully saturated rings. The van der Waals surface area contributed by atoms with Gasteiger partial charge in [-0.15, -0.1) is 0 Å². The Bertz CT molecular complexity index is 870. The van der Waals surface area contributed by atoms with Crippen molar-refractivity contribution in [3.63, 3.8) is 0 Å². The highest BCUT2D eigenvalue weighted by molar-refractivity contribution is 9.10. The molecular formula is C20H20BBrO2. The molecule has 1 saturated heterocycles. The molecule has 0 amide bonds. The smallest absolute Gasteiger partial charge is 0.534 e. The molecule has 4 rings (SSSR count). The van der Waals surface area contributed by atoms with Crippen LogP contribution in [0.2, 0.25) is 0 Å². The van der Waals surface area contributed by atoms with Gasteiger partial charge in [0.05, 0.1) is 5.76 Å². The quantitative estimate of drug-likeness (QED) is 0.660. The van der Waals surface area contributed by atoms with Gasteiger partial charge in [0.1, 0.15) is 5.60 Å². The van der Waals surface area contributed by atoms with E-state index in [1.807, 2.05) is 13.8 Å². The maximum absolute atomic E-state index is 6.04. The highest BCUT2D eigenvalue weighted by atomic mass is 79.9. The Morgan fingerprint density at radius 1 is 0.958 bits per heavy atom. The minimum absolute atomic E-state index is 0.0460. The maximum Gasteiger partial charge on any atom is 0.563 e. The summed E-state index contributed by atoms with van der Waals surface area (Å²) in [5.74, 6) is 0.680. The van der Waals surface area contributed by atoms with Gasteiger partial charge in [0, 0.05) is 9.89 Å². The van der Waals surface area contributed by atoms with Crippen LogP contribution in [0.4, 0.5) is 0 Å². The largest absolute Gasteiger partial charge is 0.563 e. The number of hydrogen-bond donors (Lipinski definition) is 0. The number of halogens is 1. The van der Waals surface area contributed by atoms with Crippen LogP contribution < -0.4 is 5.46 Å². The molecule has 4 heteroatoms. The van der Waals surface area contributed by atoms with E-state index in [0.29, 0.717) is 5.76 Å². The van der Waals surface area contributed by atoms with Crippen LogP contribution in [0.1, 0.15) is 38.8 Å². The van der Waals surface area contributed by atoms with Crippen molar-refractivity contribution in [3.8, 4) is 11.1 Å². The lowest BCUT2D eigenvalue weighted by Crippen LogP contribution is -2.35. The fraction of sp³-hybridized carbons (Fsp3) is 0.300. The van der Waals surface area contributed by atoms with Gasteiger partial charge in [-0.3, -0.25) is 0 Å². The van der Waals surface area contributed by atoms with E-state index in [0.717, 1.165) is 9.94 Å². The van der Waals surface area contributed by atoms with E-state index in [2.05, 4.69) is 72.8 Å². The molecule has 1 aliphatic heterocycles. The molecule has 0 saturated carbocycles. The molecular weight excluding hydrogens is 363 g/mol. The monoisotopic (exact) mass is 382 g/mol. The zero-order chi connectivity index (χ0) is 17.3. The van der Waals surface area contributed by atoms with Crippen molar-refractivity contribution in [1.82, 2.24) is 0 Å². The molecule has 0 unspecified atom stereocenters. The first-order valence-corrected chi connectivity index (χ1v) is 8.98. The Morgan fingerprint density at radius 2 is 1.58 bits per heavy atom. The molecule has 0 spiro atoms. The molecule has 1 aliphatic carbocycles. The third-order valence-electron chi connectivity index (χ3n) is 5.26. The van der Waals surface area contributed by atoms with Crippen LogP contribution >= 0.6 is 15.9 Å². The summed E-state index contributed by atoms with van der Waals surface area (Å²) in [4.78, 5) is 0. The summed E-state index contributed by atoms with van der Waals surface area (Å²) in [5, 5.41) is 0. The first kappa shape index (κ1) is 16.0. The van der Waals surface area contributed by atoms with Crippen LogP contribution in [0.3, 0.4) is 0 Å². The lowest BCUT2D eigenvalue weighted by atomic mass is 9.74. The van der Waals surface area contributed by atoms with Crippen molar-refractivity contribution >= 4 is 28.5 Å². The van der Waals surface area contributed by atoms with E-state index in [1.165, 1.54) is 22.3 Å². The summed E-state index contributed by atoms with van der Waals surface area (Å²) in [6.07, 6.45) is 0. The van der Waals surface area contributed by atoms with E-state index in [1.54, 1.807) is 0 Å². The average Bonchev–Trinajstić information content (AvgIpc) is 2.91. The van der Waals surface area contributed by atoms with Crippen LogP contribution in [0.25, 0.3) is 11.1 Å². The molecule has 24 heavy (non-hydrogen) atoms. The third-order valence-corrected chi connectivity index (χ3v) is 5.75. The molecule has 0 N–H and O–H groups in total. The number of fused-ring (bicyclic) bond motifs is 3. The van der Waals surface area contributed by atoms with E-state index in [4.69, 9.17) is 9.31 Å². The lowest BCUT2D eigenvalue weighted by molar-refractivity contribution is 0.173.